The highest BCUT2D eigenvalue weighted by Crippen LogP contribution is 2.33. The van der Waals surface area contributed by atoms with Crippen LogP contribution in [0.5, 0.6) is 0 Å². The predicted molar refractivity (Wildman–Crippen MR) is 71.2 cm³/mol. The highest BCUT2D eigenvalue weighted by Gasteiger charge is 2.20. The van der Waals surface area contributed by atoms with E-state index < -0.39 is 5.82 Å². The summed E-state index contributed by atoms with van der Waals surface area (Å²) in [6.45, 7) is 0.740. The molecule has 1 unspecified atom stereocenters. The average molecular weight is 334 g/mol. The second-order valence-corrected chi connectivity index (χ2v) is 5.58. The zero-order valence-corrected chi connectivity index (χ0v) is 11.8. The molecule has 0 N–H and O–H groups in total. The fourth-order valence-electron chi connectivity index (χ4n) is 2.17. The van der Waals surface area contributed by atoms with Crippen LogP contribution in [0, 0.1) is 5.82 Å². The first kappa shape index (κ1) is 12.4. The van der Waals surface area contributed by atoms with E-state index in [2.05, 4.69) is 21.0 Å². The van der Waals surface area contributed by atoms with Crippen molar-refractivity contribution in [3.8, 4) is 0 Å². The van der Waals surface area contributed by atoms with Crippen LogP contribution >= 0.6 is 27.5 Å². The minimum atomic E-state index is -0.467. The molecule has 96 valence electrons. The Labute approximate surface area is 117 Å². The summed E-state index contributed by atoms with van der Waals surface area (Å²) in [7, 11) is 0. The Morgan fingerprint density at radius 3 is 3.06 bits per heavy atom. The van der Waals surface area contributed by atoms with Crippen LogP contribution in [0.15, 0.2) is 16.7 Å². The van der Waals surface area contributed by atoms with E-state index in [1.807, 2.05) is 6.20 Å². The van der Waals surface area contributed by atoms with E-state index in [-0.39, 0.29) is 11.3 Å². The summed E-state index contributed by atoms with van der Waals surface area (Å²) in [4.78, 5) is 0. The molecular weight excluding hydrogens is 322 g/mol. The van der Waals surface area contributed by atoms with Gasteiger partial charge in [0, 0.05) is 22.7 Å². The van der Waals surface area contributed by atoms with Crippen molar-refractivity contribution in [1.82, 2.24) is 9.78 Å². The van der Waals surface area contributed by atoms with Crippen molar-refractivity contribution in [1.29, 1.82) is 0 Å². The van der Waals surface area contributed by atoms with Gasteiger partial charge in [0.25, 0.3) is 0 Å². The van der Waals surface area contributed by atoms with Crippen molar-refractivity contribution in [2.45, 2.75) is 25.5 Å². The Kier molecular flexibility index (Phi) is 3.30. The SMILES string of the molecule is Fc1cc(Br)c2cn(C3CCCCO3)nc2c1Cl. The number of nitrogens with zero attached hydrogens (tertiary/aromatic N) is 2. The summed E-state index contributed by atoms with van der Waals surface area (Å²) in [5, 5.41) is 5.21. The minimum absolute atomic E-state index is 0.0581. The molecule has 1 aliphatic rings. The average Bonchev–Trinajstić information content (AvgIpc) is 2.83. The maximum Gasteiger partial charge on any atom is 0.150 e. The van der Waals surface area contributed by atoms with Gasteiger partial charge in [0.1, 0.15) is 22.6 Å². The number of rotatable bonds is 1. The summed E-state index contributed by atoms with van der Waals surface area (Å²) in [5.41, 5.74) is 0.470. The highest BCUT2D eigenvalue weighted by molar-refractivity contribution is 9.10. The van der Waals surface area contributed by atoms with Crippen molar-refractivity contribution in [2.24, 2.45) is 0 Å². The number of ether oxygens (including phenoxy) is 1. The first-order valence-corrected chi connectivity index (χ1v) is 6.98. The Hall–Kier alpha value is -0.650. The molecule has 1 atom stereocenters. The van der Waals surface area contributed by atoms with Crippen molar-refractivity contribution in [3.05, 3.63) is 27.6 Å². The van der Waals surface area contributed by atoms with Gasteiger partial charge in [-0.1, -0.05) is 11.6 Å². The van der Waals surface area contributed by atoms with Crippen molar-refractivity contribution in [2.75, 3.05) is 6.61 Å². The Balaban J connectivity index is 2.10. The molecule has 1 fully saturated rings. The minimum Gasteiger partial charge on any atom is -0.357 e. The van der Waals surface area contributed by atoms with E-state index in [1.54, 1.807) is 4.68 Å². The summed E-state index contributed by atoms with van der Waals surface area (Å²) in [5.74, 6) is -0.467. The van der Waals surface area contributed by atoms with Crippen LogP contribution < -0.4 is 0 Å². The number of aromatic nitrogens is 2. The molecule has 6 heteroatoms. The van der Waals surface area contributed by atoms with E-state index in [1.165, 1.54) is 6.07 Å². The van der Waals surface area contributed by atoms with Gasteiger partial charge in [-0.25, -0.2) is 9.07 Å². The van der Waals surface area contributed by atoms with E-state index in [0.29, 0.717) is 9.99 Å². The molecule has 1 aliphatic heterocycles. The molecular formula is C12H11BrClFN2O. The molecule has 0 radical (unpaired) electrons. The zero-order valence-electron chi connectivity index (χ0n) is 9.50. The third-order valence-electron chi connectivity index (χ3n) is 3.11. The summed E-state index contributed by atoms with van der Waals surface area (Å²) in [6.07, 6.45) is 4.89. The summed E-state index contributed by atoms with van der Waals surface area (Å²) in [6, 6.07) is 1.36. The highest BCUT2D eigenvalue weighted by atomic mass is 79.9. The first-order valence-electron chi connectivity index (χ1n) is 5.81. The lowest BCUT2D eigenvalue weighted by Crippen LogP contribution is -2.18. The van der Waals surface area contributed by atoms with Gasteiger partial charge < -0.3 is 4.74 Å². The maximum absolute atomic E-state index is 13.5. The summed E-state index contributed by atoms with van der Waals surface area (Å²) >= 11 is 9.26. The first-order chi connectivity index (χ1) is 8.66. The molecule has 1 aromatic heterocycles. The lowest BCUT2D eigenvalue weighted by Gasteiger charge is -2.22. The molecule has 2 aromatic rings. The fourth-order valence-corrected chi connectivity index (χ4v) is 2.86. The topological polar surface area (TPSA) is 27.1 Å². The van der Waals surface area contributed by atoms with Crippen LogP contribution in [0.1, 0.15) is 25.5 Å². The Morgan fingerprint density at radius 1 is 1.50 bits per heavy atom. The third kappa shape index (κ3) is 2.04. The van der Waals surface area contributed by atoms with Gasteiger partial charge in [-0.3, -0.25) is 0 Å². The molecule has 0 aliphatic carbocycles. The van der Waals surface area contributed by atoms with Gasteiger partial charge >= 0.3 is 0 Å². The number of fused-ring (bicyclic) bond motifs is 1. The zero-order chi connectivity index (χ0) is 12.7. The van der Waals surface area contributed by atoms with Gasteiger partial charge in [0.05, 0.1) is 0 Å². The number of benzene rings is 1. The standard InChI is InChI=1S/C12H11BrClFN2O/c13-8-5-9(15)11(14)12-7(8)6-17(16-12)10-3-1-2-4-18-10/h5-6,10H,1-4H2. The second kappa shape index (κ2) is 4.79. The summed E-state index contributed by atoms with van der Waals surface area (Å²) < 4.78 is 21.6. The molecule has 0 saturated carbocycles. The number of halogens is 3. The number of hydrogen-bond donors (Lipinski definition) is 0. The fraction of sp³-hybridized carbons (Fsp3) is 0.417. The van der Waals surface area contributed by atoms with Crippen LogP contribution in [0.4, 0.5) is 4.39 Å². The Bertz CT molecular complexity index is 595. The predicted octanol–water partition coefficient (Wildman–Crippen LogP) is 4.29. The molecule has 18 heavy (non-hydrogen) atoms. The van der Waals surface area contributed by atoms with Crippen LogP contribution in [0.3, 0.4) is 0 Å². The van der Waals surface area contributed by atoms with Crippen molar-refractivity contribution >= 4 is 38.4 Å². The van der Waals surface area contributed by atoms with Crippen LogP contribution in [-0.2, 0) is 4.74 Å². The van der Waals surface area contributed by atoms with Crippen molar-refractivity contribution < 1.29 is 9.13 Å². The van der Waals surface area contributed by atoms with Gasteiger partial charge in [0.15, 0.2) is 0 Å². The lowest BCUT2D eigenvalue weighted by molar-refractivity contribution is -0.0390. The molecule has 3 nitrogen and oxygen atoms in total. The maximum atomic E-state index is 13.5. The van der Waals surface area contributed by atoms with Gasteiger partial charge in [0.2, 0.25) is 0 Å². The van der Waals surface area contributed by atoms with Crippen LogP contribution in [0.25, 0.3) is 10.9 Å². The normalized spacial score (nSPS) is 20.5. The third-order valence-corrected chi connectivity index (χ3v) is 4.13. The number of hydrogen-bond acceptors (Lipinski definition) is 2. The molecule has 1 saturated heterocycles. The molecule has 0 amide bonds. The lowest BCUT2D eigenvalue weighted by atomic mass is 10.2. The Morgan fingerprint density at radius 2 is 2.33 bits per heavy atom. The largest absolute Gasteiger partial charge is 0.357 e. The van der Waals surface area contributed by atoms with E-state index in [4.69, 9.17) is 16.3 Å². The molecule has 1 aromatic carbocycles. The van der Waals surface area contributed by atoms with Crippen molar-refractivity contribution in [3.63, 3.8) is 0 Å². The van der Waals surface area contributed by atoms with Gasteiger partial charge in [-0.2, -0.15) is 5.10 Å². The van der Waals surface area contributed by atoms with Crippen LogP contribution in [0.2, 0.25) is 5.02 Å². The van der Waals surface area contributed by atoms with E-state index in [0.717, 1.165) is 31.3 Å². The molecule has 3 rings (SSSR count). The molecule has 0 spiro atoms. The monoisotopic (exact) mass is 332 g/mol. The van der Waals surface area contributed by atoms with Gasteiger partial charge in [-0.05, 0) is 41.3 Å². The van der Waals surface area contributed by atoms with E-state index in [9.17, 15) is 4.39 Å². The van der Waals surface area contributed by atoms with Gasteiger partial charge in [-0.15, -0.1) is 0 Å². The molecule has 0 bridgehead atoms. The molecule has 2 heterocycles. The quantitative estimate of drug-likeness (QED) is 0.728. The smallest absolute Gasteiger partial charge is 0.150 e. The van der Waals surface area contributed by atoms with E-state index >= 15 is 0 Å². The van der Waals surface area contributed by atoms with Crippen LogP contribution in [-0.4, -0.2) is 16.4 Å². The second-order valence-electron chi connectivity index (χ2n) is 4.35.